The van der Waals surface area contributed by atoms with Crippen LogP contribution in [0.1, 0.15) is 46.0 Å². The van der Waals surface area contributed by atoms with Gasteiger partial charge in [0.15, 0.2) is 0 Å². The van der Waals surface area contributed by atoms with E-state index in [0.29, 0.717) is 12.5 Å². The summed E-state index contributed by atoms with van der Waals surface area (Å²) in [4.78, 5) is 24.2. The number of carboxylic acids is 1. The summed E-state index contributed by atoms with van der Waals surface area (Å²) in [5.74, 6) is -0.355. The largest absolute Gasteiger partial charge is 0.480 e. The number of carbonyl (C=O) groups is 2. The molecule has 98 valence electrons. The lowest BCUT2D eigenvalue weighted by atomic mass is 9.84. The maximum Gasteiger partial charge on any atom is 0.323 e. The number of hydrogen-bond donors (Lipinski definition) is 1. The summed E-state index contributed by atoms with van der Waals surface area (Å²) >= 11 is 0. The minimum atomic E-state index is -0.915. The molecule has 4 heteroatoms. The molecule has 1 N–H and O–H groups in total. The average Bonchev–Trinajstić information content (AvgIpc) is 2.60. The van der Waals surface area contributed by atoms with Crippen molar-refractivity contribution in [2.75, 3.05) is 13.1 Å². The number of nitrogens with zero attached hydrogens (tertiary/aromatic N) is 1. The summed E-state index contributed by atoms with van der Waals surface area (Å²) in [7, 11) is 0. The third-order valence-corrected chi connectivity index (χ3v) is 3.55. The summed E-state index contributed by atoms with van der Waals surface area (Å²) in [6.45, 7) is 4.74. The quantitative estimate of drug-likeness (QED) is 0.743. The molecule has 0 spiro atoms. The first-order chi connectivity index (χ1) is 8.10. The molecule has 0 aliphatic carbocycles. The van der Waals surface area contributed by atoms with Gasteiger partial charge in [-0.1, -0.05) is 26.7 Å². The maximum absolute atomic E-state index is 12.1. The van der Waals surface area contributed by atoms with Crippen LogP contribution in [0.2, 0.25) is 0 Å². The molecular formula is C13H23NO3. The fraction of sp³-hybridized carbons (Fsp3) is 0.846. The highest BCUT2D eigenvalue weighted by atomic mass is 16.4. The summed E-state index contributed by atoms with van der Waals surface area (Å²) in [6.07, 6.45) is 5.16. The Bertz CT molecular complexity index is 272. The fourth-order valence-electron chi connectivity index (χ4n) is 2.81. The number of rotatable bonds is 7. The van der Waals surface area contributed by atoms with E-state index in [1.165, 1.54) is 4.90 Å². The van der Waals surface area contributed by atoms with Crippen molar-refractivity contribution in [3.8, 4) is 0 Å². The van der Waals surface area contributed by atoms with E-state index >= 15 is 0 Å². The molecule has 17 heavy (non-hydrogen) atoms. The smallest absolute Gasteiger partial charge is 0.323 e. The second-order valence-electron chi connectivity index (χ2n) is 4.89. The lowest BCUT2D eigenvalue weighted by Gasteiger charge is -2.21. The Kier molecular flexibility index (Phi) is 5.45. The first kappa shape index (κ1) is 14.0. The lowest BCUT2D eigenvalue weighted by Crippen LogP contribution is -2.34. The Morgan fingerprint density at radius 1 is 1.41 bits per heavy atom. The molecule has 1 rings (SSSR count). The summed E-state index contributed by atoms with van der Waals surface area (Å²) in [6, 6.07) is 0. The van der Waals surface area contributed by atoms with E-state index in [-0.39, 0.29) is 18.4 Å². The van der Waals surface area contributed by atoms with Gasteiger partial charge in [0.25, 0.3) is 0 Å². The fourth-order valence-corrected chi connectivity index (χ4v) is 2.81. The highest BCUT2D eigenvalue weighted by molar-refractivity contribution is 5.85. The zero-order chi connectivity index (χ0) is 12.8. The Morgan fingerprint density at radius 2 is 2.00 bits per heavy atom. The maximum atomic E-state index is 12.1. The Balaban J connectivity index is 2.59. The van der Waals surface area contributed by atoms with Crippen LogP contribution in [-0.4, -0.2) is 35.0 Å². The number of carboxylic acid groups (broad SMARTS) is 1. The van der Waals surface area contributed by atoms with Crippen LogP contribution < -0.4 is 0 Å². The zero-order valence-corrected chi connectivity index (χ0v) is 10.8. The second kappa shape index (κ2) is 6.62. The van der Waals surface area contributed by atoms with E-state index in [9.17, 15) is 9.59 Å². The van der Waals surface area contributed by atoms with E-state index in [4.69, 9.17) is 5.11 Å². The predicted molar refractivity (Wildman–Crippen MR) is 65.6 cm³/mol. The molecule has 1 amide bonds. The van der Waals surface area contributed by atoms with Crippen molar-refractivity contribution in [3.63, 3.8) is 0 Å². The molecule has 0 aromatic heterocycles. The van der Waals surface area contributed by atoms with Crippen LogP contribution in [0.25, 0.3) is 0 Å². The van der Waals surface area contributed by atoms with Crippen molar-refractivity contribution in [2.24, 2.45) is 11.8 Å². The van der Waals surface area contributed by atoms with Gasteiger partial charge >= 0.3 is 5.97 Å². The first-order valence-electron chi connectivity index (χ1n) is 6.60. The molecular weight excluding hydrogens is 218 g/mol. The Labute approximate surface area is 103 Å². The second-order valence-corrected chi connectivity index (χ2v) is 4.89. The zero-order valence-electron chi connectivity index (χ0n) is 10.8. The Hall–Kier alpha value is -1.06. The van der Waals surface area contributed by atoms with Crippen LogP contribution in [0, 0.1) is 11.8 Å². The third-order valence-electron chi connectivity index (χ3n) is 3.55. The molecule has 0 saturated carbocycles. The standard InChI is InChI=1S/C13H23NO3/c1-3-5-10(6-4-2)11-7-8-14(13(11)17)9-12(15)16/h10-11H,3-9H2,1-2H3,(H,15,16). The normalized spacial score (nSPS) is 20.3. The topological polar surface area (TPSA) is 57.6 Å². The molecule has 4 nitrogen and oxygen atoms in total. The minimum absolute atomic E-state index is 0.0549. The van der Waals surface area contributed by atoms with E-state index in [0.717, 1.165) is 32.1 Å². The van der Waals surface area contributed by atoms with Crippen LogP contribution in [-0.2, 0) is 9.59 Å². The van der Waals surface area contributed by atoms with Crippen LogP contribution >= 0.6 is 0 Å². The van der Waals surface area contributed by atoms with Gasteiger partial charge in [0, 0.05) is 12.5 Å². The number of likely N-dealkylation sites (tertiary alicyclic amines) is 1. The molecule has 1 unspecified atom stereocenters. The van der Waals surface area contributed by atoms with Crippen molar-refractivity contribution in [1.82, 2.24) is 4.90 Å². The third kappa shape index (κ3) is 3.72. The van der Waals surface area contributed by atoms with Gasteiger partial charge in [0.1, 0.15) is 6.54 Å². The summed E-state index contributed by atoms with van der Waals surface area (Å²) in [5.41, 5.74) is 0. The van der Waals surface area contributed by atoms with E-state index < -0.39 is 5.97 Å². The molecule has 1 aliphatic heterocycles. The number of aliphatic carboxylic acids is 1. The van der Waals surface area contributed by atoms with Gasteiger partial charge in [-0.15, -0.1) is 0 Å². The monoisotopic (exact) mass is 241 g/mol. The molecule has 1 aliphatic rings. The molecule has 0 aromatic rings. The van der Waals surface area contributed by atoms with Crippen LogP contribution in [0.5, 0.6) is 0 Å². The van der Waals surface area contributed by atoms with Crippen molar-refractivity contribution >= 4 is 11.9 Å². The summed E-state index contributed by atoms with van der Waals surface area (Å²) < 4.78 is 0. The van der Waals surface area contributed by atoms with Crippen molar-refractivity contribution < 1.29 is 14.7 Å². The molecule has 0 radical (unpaired) electrons. The van der Waals surface area contributed by atoms with Crippen LogP contribution in [0.15, 0.2) is 0 Å². The van der Waals surface area contributed by atoms with Crippen molar-refractivity contribution in [2.45, 2.75) is 46.0 Å². The highest BCUT2D eigenvalue weighted by Gasteiger charge is 2.36. The molecule has 0 bridgehead atoms. The molecule has 1 fully saturated rings. The van der Waals surface area contributed by atoms with Gasteiger partial charge in [0.05, 0.1) is 0 Å². The van der Waals surface area contributed by atoms with Gasteiger partial charge in [-0.3, -0.25) is 9.59 Å². The van der Waals surface area contributed by atoms with Gasteiger partial charge in [-0.05, 0) is 25.2 Å². The lowest BCUT2D eigenvalue weighted by molar-refractivity contribution is -0.144. The molecule has 1 saturated heterocycles. The van der Waals surface area contributed by atoms with Gasteiger partial charge < -0.3 is 10.0 Å². The highest BCUT2D eigenvalue weighted by Crippen LogP contribution is 2.31. The van der Waals surface area contributed by atoms with Crippen molar-refractivity contribution in [3.05, 3.63) is 0 Å². The summed E-state index contributed by atoms with van der Waals surface area (Å²) in [5, 5.41) is 8.73. The van der Waals surface area contributed by atoms with Crippen LogP contribution in [0.3, 0.4) is 0 Å². The number of carbonyl (C=O) groups excluding carboxylic acids is 1. The predicted octanol–water partition coefficient (Wildman–Crippen LogP) is 2.14. The van der Waals surface area contributed by atoms with E-state index in [1.54, 1.807) is 0 Å². The van der Waals surface area contributed by atoms with E-state index in [2.05, 4.69) is 13.8 Å². The number of hydrogen-bond acceptors (Lipinski definition) is 2. The SMILES string of the molecule is CCCC(CCC)C1CCN(CC(=O)O)C1=O. The van der Waals surface area contributed by atoms with Crippen LogP contribution in [0.4, 0.5) is 0 Å². The van der Waals surface area contributed by atoms with E-state index in [1.807, 2.05) is 0 Å². The molecule has 1 heterocycles. The Morgan fingerprint density at radius 3 is 2.47 bits per heavy atom. The van der Waals surface area contributed by atoms with Gasteiger partial charge in [0.2, 0.25) is 5.91 Å². The molecule has 0 aromatic carbocycles. The first-order valence-corrected chi connectivity index (χ1v) is 6.60. The average molecular weight is 241 g/mol. The van der Waals surface area contributed by atoms with Gasteiger partial charge in [-0.2, -0.15) is 0 Å². The number of amides is 1. The van der Waals surface area contributed by atoms with Gasteiger partial charge in [-0.25, -0.2) is 0 Å². The van der Waals surface area contributed by atoms with Crippen molar-refractivity contribution in [1.29, 1.82) is 0 Å². The molecule has 1 atom stereocenters. The minimum Gasteiger partial charge on any atom is -0.480 e.